The van der Waals surface area contributed by atoms with Gasteiger partial charge < -0.3 is 9.73 Å². The SMILES string of the molecule is Cc1cc(C)c(CNC(=O)C2CCN(S(=O)(=O)c3ccc(C4CCNN4)o3)CC2)c(C)c1. The minimum atomic E-state index is -3.70. The molecule has 2 aliphatic heterocycles. The first-order valence-electron chi connectivity index (χ1n) is 11.2. The van der Waals surface area contributed by atoms with Gasteiger partial charge in [0.1, 0.15) is 5.76 Å². The molecule has 0 bridgehead atoms. The Balaban J connectivity index is 1.33. The van der Waals surface area contributed by atoms with E-state index in [0.29, 0.717) is 38.2 Å². The number of carbonyl (C=O) groups excluding carboxylic acids is 1. The lowest BCUT2D eigenvalue weighted by Gasteiger charge is -2.30. The fourth-order valence-electron chi connectivity index (χ4n) is 4.65. The molecular formula is C23H32N4O4S. The Kier molecular flexibility index (Phi) is 6.71. The number of sulfonamides is 1. The van der Waals surface area contributed by atoms with Crippen LogP contribution in [0.4, 0.5) is 0 Å². The molecule has 1 aromatic carbocycles. The van der Waals surface area contributed by atoms with Crippen molar-refractivity contribution in [3.05, 3.63) is 52.3 Å². The maximum absolute atomic E-state index is 13.0. The number of benzene rings is 1. The molecule has 3 N–H and O–H groups in total. The van der Waals surface area contributed by atoms with Crippen molar-refractivity contribution in [1.29, 1.82) is 0 Å². The minimum absolute atomic E-state index is 0.0125. The van der Waals surface area contributed by atoms with Crippen LogP contribution < -0.4 is 16.2 Å². The number of rotatable bonds is 6. The molecule has 4 rings (SSSR count). The summed E-state index contributed by atoms with van der Waals surface area (Å²) in [5, 5.41) is 3.02. The highest BCUT2D eigenvalue weighted by Gasteiger charge is 2.34. The maximum atomic E-state index is 13.0. The topological polar surface area (TPSA) is 104 Å². The van der Waals surface area contributed by atoms with E-state index in [1.165, 1.54) is 27.1 Å². The first-order chi connectivity index (χ1) is 15.3. The quantitative estimate of drug-likeness (QED) is 0.612. The summed E-state index contributed by atoms with van der Waals surface area (Å²) in [6, 6.07) is 7.46. The Labute approximate surface area is 189 Å². The van der Waals surface area contributed by atoms with Crippen LogP contribution in [0.25, 0.3) is 0 Å². The number of furan rings is 1. The standard InChI is InChI=1S/C23H32N4O4S/c1-15-12-16(2)19(17(3)13-15)14-24-23(28)18-7-10-27(11-8-18)32(29,30)22-5-4-21(31-22)20-6-9-25-26-20/h4-5,12-13,18,20,25-26H,6-11,14H2,1-3H3,(H,24,28). The van der Waals surface area contributed by atoms with Gasteiger partial charge in [0.05, 0.1) is 6.04 Å². The molecule has 2 saturated heterocycles. The van der Waals surface area contributed by atoms with E-state index in [-0.39, 0.29) is 23.0 Å². The molecule has 2 fully saturated rings. The van der Waals surface area contributed by atoms with E-state index in [2.05, 4.69) is 49.1 Å². The van der Waals surface area contributed by atoms with E-state index in [9.17, 15) is 13.2 Å². The van der Waals surface area contributed by atoms with Gasteiger partial charge in [-0.15, -0.1) is 0 Å². The molecule has 1 atom stereocenters. The number of nitrogens with one attached hydrogen (secondary N) is 3. The van der Waals surface area contributed by atoms with Crippen molar-refractivity contribution in [2.75, 3.05) is 19.6 Å². The van der Waals surface area contributed by atoms with Gasteiger partial charge in [-0.05, 0) is 68.9 Å². The van der Waals surface area contributed by atoms with Crippen LogP contribution in [-0.2, 0) is 21.4 Å². The van der Waals surface area contributed by atoms with E-state index in [1.54, 1.807) is 6.07 Å². The second-order valence-corrected chi connectivity index (χ2v) is 10.7. The summed E-state index contributed by atoms with van der Waals surface area (Å²) < 4.78 is 33.1. The van der Waals surface area contributed by atoms with E-state index in [0.717, 1.165) is 18.5 Å². The lowest BCUT2D eigenvalue weighted by Crippen LogP contribution is -2.42. The second kappa shape index (κ2) is 9.35. The highest BCUT2D eigenvalue weighted by molar-refractivity contribution is 7.89. The Bertz CT molecular complexity index is 1060. The Morgan fingerprint density at radius 2 is 1.81 bits per heavy atom. The van der Waals surface area contributed by atoms with Crippen molar-refractivity contribution >= 4 is 15.9 Å². The molecular weight excluding hydrogens is 428 g/mol. The zero-order chi connectivity index (χ0) is 22.9. The monoisotopic (exact) mass is 460 g/mol. The molecule has 1 amide bonds. The summed E-state index contributed by atoms with van der Waals surface area (Å²) in [7, 11) is -3.70. The predicted octanol–water partition coefficient (Wildman–Crippen LogP) is 2.46. The van der Waals surface area contributed by atoms with Gasteiger partial charge in [0, 0.05) is 32.1 Å². The van der Waals surface area contributed by atoms with Crippen LogP contribution in [-0.4, -0.2) is 38.3 Å². The van der Waals surface area contributed by atoms with E-state index in [4.69, 9.17) is 4.42 Å². The van der Waals surface area contributed by atoms with Crippen molar-refractivity contribution < 1.29 is 17.6 Å². The van der Waals surface area contributed by atoms with E-state index < -0.39 is 10.0 Å². The number of hydrogen-bond donors (Lipinski definition) is 3. The van der Waals surface area contributed by atoms with Crippen LogP contribution in [0.15, 0.2) is 33.8 Å². The third-order valence-electron chi connectivity index (χ3n) is 6.48. The molecule has 174 valence electrons. The molecule has 2 aliphatic rings. The van der Waals surface area contributed by atoms with Gasteiger partial charge in [0.25, 0.3) is 10.0 Å². The van der Waals surface area contributed by atoms with Crippen molar-refractivity contribution in [2.45, 2.75) is 57.7 Å². The Morgan fingerprint density at radius 1 is 1.12 bits per heavy atom. The number of hydrogen-bond acceptors (Lipinski definition) is 6. The summed E-state index contributed by atoms with van der Waals surface area (Å²) in [6.07, 6.45) is 1.84. The molecule has 1 aromatic heterocycles. The van der Waals surface area contributed by atoms with Gasteiger partial charge in [0.2, 0.25) is 11.0 Å². The van der Waals surface area contributed by atoms with Crippen molar-refractivity contribution in [3.8, 4) is 0 Å². The Hall–Kier alpha value is -2.20. The molecule has 0 radical (unpaired) electrons. The van der Waals surface area contributed by atoms with Crippen LogP contribution in [0, 0.1) is 26.7 Å². The lowest BCUT2D eigenvalue weighted by atomic mass is 9.96. The first-order valence-corrected chi connectivity index (χ1v) is 12.6. The van der Waals surface area contributed by atoms with Crippen LogP contribution in [0.2, 0.25) is 0 Å². The van der Waals surface area contributed by atoms with Crippen LogP contribution >= 0.6 is 0 Å². The Morgan fingerprint density at radius 3 is 2.44 bits per heavy atom. The summed E-state index contributed by atoms with van der Waals surface area (Å²) in [6.45, 7) is 8.11. The van der Waals surface area contributed by atoms with Crippen LogP contribution in [0.5, 0.6) is 0 Å². The smallest absolute Gasteiger partial charge is 0.276 e. The van der Waals surface area contributed by atoms with Crippen LogP contribution in [0.3, 0.4) is 0 Å². The zero-order valence-electron chi connectivity index (χ0n) is 18.9. The summed E-state index contributed by atoms with van der Waals surface area (Å²) in [5.41, 5.74) is 10.8. The molecule has 2 aromatic rings. The number of carbonyl (C=O) groups is 1. The highest BCUT2D eigenvalue weighted by atomic mass is 32.2. The van der Waals surface area contributed by atoms with Crippen molar-refractivity contribution in [3.63, 3.8) is 0 Å². The summed E-state index contributed by atoms with van der Waals surface area (Å²) >= 11 is 0. The lowest BCUT2D eigenvalue weighted by molar-refractivity contribution is -0.126. The van der Waals surface area contributed by atoms with Gasteiger partial charge >= 0.3 is 0 Å². The zero-order valence-corrected chi connectivity index (χ0v) is 19.7. The average Bonchev–Trinajstić information content (AvgIpc) is 3.45. The largest absolute Gasteiger partial charge is 0.447 e. The van der Waals surface area contributed by atoms with Crippen molar-refractivity contribution in [1.82, 2.24) is 20.5 Å². The minimum Gasteiger partial charge on any atom is -0.447 e. The third-order valence-corrected chi connectivity index (χ3v) is 8.25. The normalized spacial score (nSPS) is 20.5. The molecule has 1 unspecified atom stereocenters. The average molecular weight is 461 g/mol. The number of amides is 1. The molecule has 9 heteroatoms. The van der Waals surface area contributed by atoms with E-state index in [1.807, 2.05) is 0 Å². The van der Waals surface area contributed by atoms with Gasteiger partial charge in [-0.2, -0.15) is 4.31 Å². The molecule has 8 nitrogen and oxygen atoms in total. The number of piperidine rings is 1. The van der Waals surface area contributed by atoms with Gasteiger partial charge in [-0.3, -0.25) is 10.2 Å². The maximum Gasteiger partial charge on any atom is 0.276 e. The number of nitrogens with zero attached hydrogens (tertiary/aromatic N) is 1. The molecule has 0 saturated carbocycles. The first kappa shape index (κ1) is 23.0. The molecule has 3 heterocycles. The second-order valence-electron chi connectivity index (χ2n) is 8.84. The number of aryl methyl sites for hydroxylation is 3. The molecule has 32 heavy (non-hydrogen) atoms. The summed E-state index contributed by atoms with van der Waals surface area (Å²) in [5.74, 6) is 0.416. The summed E-state index contributed by atoms with van der Waals surface area (Å²) in [4.78, 5) is 12.7. The highest BCUT2D eigenvalue weighted by Crippen LogP contribution is 2.28. The van der Waals surface area contributed by atoms with Crippen molar-refractivity contribution in [2.24, 2.45) is 5.92 Å². The number of hydrazine groups is 1. The third kappa shape index (κ3) is 4.76. The fourth-order valence-corrected chi connectivity index (χ4v) is 6.04. The van der Waals surface area contributed by atoms with E-state index >= 15 is 0 Å². The molecule has 0 aliphatic carbocycles. The van der Waals surface area contributed by atoms with Crippen LogP contribution in [0.1, 0.15) is 53.3 Å². The molecule has 0 spiro atoms. The van der Waals surface area contributed by atoms with Gasteiger partial charge in [-0.1, -0.05) is 17.7 Å². The van der Waals surface area contributed by atoms with Gasteiger partial charge in [-0.25, -0.2) is 13.8 Å². The van der Waals surface area contributed by atoms with Gasteiger partial charge in [0.15, 0.2) is 0 Å². The fraction of sp³-hybridized carbons (Fsp3) is 0.522. The predicted molar refractivity (Wildman–Crippen MR) is 121 cm³/mol.